The Kier molecular flexibility index (Phi) is 5.03. The molecule has 1 aromatic carbocycles. The van der Waals surface area contributed by atoms with Gasteiger partial charge < -0.3 is 5.32 Å². The summed E-state index contributed by atoms with van der Waals surface area (Å²) in [5.41, 5.74) is 1.77. The van der Waals surface area contributed by atoms with Crippen LogP contribution in [0.5, 0.6) is 0 Å². The van der Waals surface area contributed by atoms with Gasteiger partial charge in [-0.15, -0.1) is 0 Å². The van der Waals surface area contributed by atoms with Crippen molar-refractivity contribution in [2.45, 2.75) is 13.8 Å². The number of rotatable bonds is 3. The van der Waals surface area contributed by atoms with Gasteiger partial charge in [0.15, 0.2) is 0 Å². The van der Waals surface area contributed by atoms with E-state index in [0.717, 1.165) is 0 Å². The Morgan fingerprint density at radius 1 is 1.50 bits per heavy atom. The Morgan fingerprint density at radius 2 is 2.19 bits per heavy atom. The second-order valence-electron chi connectivity index (χ2n) is 3.62. The van der Waals surface area contributed by atoms with Gasteiger partial charge in [-0.2, -0.15) is 0 Å². The minimum atomic E-state index is -0.110. The molecule has 16 heavy (non-hydrogen) atoms. The molecule has 0 bridgehead atoms. The molecule has 4 heteroatoms. The van der Waals surface area contributed by atoms with Crippen molar-refractivity contribution in [2.75, 3.05) is 6.54 Å². The van der Waals surface area contributed by atoms with Gasteiger partial charge in [0, 0.05) is 16.0 Å². The molecule has 0 atom stereocenters. The highest BCUT2D eigenvalue weighted by Gasteiger charge is 2.08. The molecule has 1 N–H and O–H groups in total. The van der Waals surface area contributed by atoms with Crippen molar-refractivity contribution in [3.63, 3.8) is 0 Å². The Hall–Kier alpha value is -0.800. The van der Waals surface area contributed by atoms with Crippen LogP contribution in [0, 0.1) is 0 Å². The summed E-state index contributed by atoms with van der Waals surface area (Å²) in [7, 11) is 0. The number of benzene rings is 1. The molecule has 0 heterocycles. The van der Waals surface area contributed by atoms with E-state index >= 15 is 0 Å². The molecule has 86 valence electrons. The molecule has 1 rings (SSSR count). The summed E-state index contributed by atoms with van der Waals surface area (Å²) in [6, 6.07) is 5.10. The lowest BCUT2D eigenvalue weighted by atomic mass is 10.2. The Balaban J connectivity index is 2.70. The highest BCUT2D eigenvalue weighted by molar-refractivity contribution is 9.10. The molecule has 2 nitrogen and oxygen atoms in total. The summed E-state index contributed by atoms with van der Waals surface area (Å²) >= 11 is 9.10. The summed E-state index contributed by atoms with van der Waals surface area (Å²) in [5, 5.41) is 3.41. The smallest absolute Gasteiger partial charge is 0.252 e. The first-order valence-electron chi connectivity index (χ1n) is 4.87. The van der Waals surface area contributed by atoms with Gasteiger partial charge in [-0.3, -0.25) is 4.79 Å². The van der Waals surface area contributed by atoms with Crippen LogP contribution in [0.25, 0.3) is 0 Å². The van der Waals surface area contributed by atoms with Crippen molar-refractivity contribution in [1.29, 1.82) is 0 Å². The van der Waals surface area contributed by atoms with Crippen LogP contribution >= 0.6 is 27.5 Å². The topological polar surface area (TPSA) is 29.1 Å². The molecule has 0 aliphatic carbocycles. The van der Waals surface area contributed by atoms with Gasteiger partial charge in [-0.25, -0.2) is 0 Å². The molecule has 0 spiro atoms. The Bertz CT molecular complexity index is 425. The molecular formula is C12H13BrClNO. The number of carbonyl (C=O) groups is 1. The Labute approximate surface area is 109 Å². The van der Waals surface area contributed by atoms with Crippen molar-refractivity contribution < 1.29 is 4.79 Å². The Morgan fingerprint density at radius 3 is 2.75 bits per heavy atom. The molecule has 0 aliphatic heterocycles. The SMILES string of the molecule is CC(C)=CCNC(=O)c1ccc(Cl)cc1Br. The predicted molar refractivity (Wildman–Crippen MR) is 70.9 cm³/mol. The summed E-state index contributed by atoms with van der Waals surface area (Å²) in [6.07, 6.45) is 1.96. The molecule has 1 aromatic rings. The zero-order valence-electron chi connectivity index (χ0n) is 9.18. The van der Waals surface area contributed by atoms with Crippen LogP contribution in [0.15, 0.2) is 34.3 Å². The third-order valence-corrected chi connectivity index (χ3v) is 2.84. The van der Waals surface area contributed by atoms with E-state index in [0.29, 0.717) is 21.6 Å². The van der Waals surface area contributed by atoms with Crippen LogP contribution in [-0.2, 0) is 0 Å². The minimum Gasteiger partial charge on any atom is -0.349 e. The van der Waals surface area contributed by atoms with E-state index in [1.54, 1.807) is 18.2 Å². The molecule has 0 unspecified atom stereocenters. The number of carbonyl (C=O) groups excluding carboxylic acids is 1. The van der Waals surface area contributed by atoms with Crippen molar-refractivity contribution in [2.24, 2.45) is 0 Å². The zero-order valence-corrected chi connectivity index (χ0v) is 11.5. The fourth-order valence-electron chi connectivity index (χ4n) is 1.12. The van der Waals surface area contributed by atoms with E-state index in [9.17, 15) is 4.79 Å². The molecule has 0 saturated heterocycles. The van der Waals surface area contributed by atoms with Gasteiger partial charge in [0.2, 0.25) is 0 Å². The van der Waals surface area contributed by atoms with Crippen LogP contribution in [0.1, 0.15) is 24.2 Å². The first kappa shape index (κ1) is 13.3. The van der Waals surface area contributed by atoms with E-state index in [4.69, 9.17) is 11.6 Å². The fourth-order valence-corrected chi connectivity index (χ4v) is 1.98. The largest absolute Gasteiger partial charge is 0.349 e. The molecule has 0 aromatic heterocycles. The van der Waals surface area contributed by atoms with Crippen molar-refractivity contribution in [3.8, 4) is 0 Å². The number of amides is 1. The highest BCUT2D eigenvalue weighted by Crippen LogP contribution is 2.21. The number of hydrogen-bond donors (Lipinski definition) is 1. The standard InChI is InChI=1S/C12H13BrClNO/c1-8(2)5-6-15-12(16)10-4-3-9(14)7-11(10)13/h3-5,7H,6H2,1-2H3,(H,15,16). The quantitative estimate of drug-likeness (QED) is 0.846. The van der Waals surface area contributed by atoms with E-state index in [-0.39, 0.29) is 5.91 Å². The fraction of sp³-hybridized carbons (Fsp3) is 0.250. The average molecular weight is 303 g/mol. The summed E-state index contributed by atoms with van der Waals surface area (Å²) < 4.78 is 0.703. The van der Waals surface area contributed by atoms with E-state index in [2.05, 4.69) is 21.2 Å². The number of nitrogens with one attached hydrogen (secondary N) is 1. The number of allylic oxidation sites excluding steroid dienone is 1. The minimum absolute atomic E-state index is 0.110. The maximum absolute atomic E-state index is 11.7. The highest BCUT2D eigenvalue weighted by atomic mass is 79.9. The normalized spacial score (nSPS) is 9.75. The van der Waals surface area contributed by atoms with E-state index in [1.807, 2.05) is 19.9 Å². The molecular weight excluding hydrogens is 289 g/mol. The zero-order chi connectivity index (χ0) is 12.1. The van der Waals surface area contributed by atoms with Gasteiger partial charge in [-0.05, 0) is 48.0 Å². The van der Waals surface area contributed by atoms with Gasteiger partial charge >= 0.3 is 0 Å². The number of hydrogen-bond acceptors (Lipinski definition) is 1. The third-order valence-electron chi connectivity index (χ3n) is 1.95. The van der Waals surface area contributed by atoms with Crippen LogP contribution in [0.4, 0.5) is 0 Å². The lowest BCUT2D eigenvalue weighted by Gasteiger charge is -2.05. The van der Waals surface area contributed by atoms with Crippen LogP contribution in [-0.4, -0.2) is 12.5 Å². The predicted octanol–water partition coefficient (Wildman–Crippen LogP) is 3.80. The molecule has 0 aliphatic rings. The monoisotopic (exact) mass is 301 g/mol. The lowest BCUT2D eigenvalue weighted by Crippen LogP contribution is -2.23. The van der Waals surface area contributed by atoms with Crippen molar-refractivity contribution in [1.82, 2.24) is 5.32 Å². The second-order valence-corrected chi connectivity index (χ2v) is 4.91. The summed E-state index contributed by atoms with van der Waals surface area (Å²) in [5.74, 6) is -0.110. The molecule has 0 saturated carbocycles. The summed E-state index contributed by atoms with van der Waals surface area (Å²) in [4.78, 5) is 11.7. The second kappa shape index (κ2) is 6.06. The van der Waals surface area contributed by atoms with Gasteiger partial charge in [0.1, 0.15) is 0 Å². The van der Waals surface area contributed by atoms with Gasteiger partial charge in [0.05, 0.1) is 5.56 Å². The van der Waals surface area contributed by atoms with E-state index < -0.39 is 0 Å². The maximum atomic E-state index is 11.7. The van der Waals surface area contributed by atoms with Crippen LogP contribution in [0.3, 0.4) is 0 Å². The lowest BCUT2D eigenvalue weighted by molar-refractivity contribution is 0.0957. The van der Waals surface area contributed by atoms with Crippen LogP contribution in [0.2, 0.25) is 5.02 Å². The van der Waals surface area contributed by atoms with Gasteiger partial charge in [-0.1, -0.05) is 23.3 Å². The summed E-state index contributed by atoms with van der Waals surface area (Å²) in [6.45, 7) is 4.52. The molecule has 1 amide bonds. The first-order valence-corrected chi connectivity index (χ1v) is 6.04. The molecule has 0 fully saturated rings. The third kappa shape index (κ3) is 3.99. The molecule has 0 radical (unpaired) electrons. The van der Waals surface area contributed by atoms with Crippen LogP contribution < -0.4 is 5.32 Å². The number of halogens is 2. The first-order chi connectivity index (χ1) is 7.50. The maximum Gasteiger partial charge on any atom is 0.252 e. The van der Waals surface area contributed by atoms with Gasteiger partial charge in [0.25, 0.3) is 5.91 Å². The van der Waals surface area contributed by atoms with Crippen molar-refractivity contribution in [3.05, 3.63) is 44.9 Å². The average Bonchev–Trinajstić information content (AvgIpc) is 2.16. The van der Waals surface area contributed by atoms with E-state index in [1.165, 1.54) is 5.57 Å². The van der Waals surface area contributed by atoms with Crippen molar-refractivity contribution >= 4 is 33.4 Å².